The van der Waals surface area contributed by atoms with Gasteiger partial charge in [-0.05, 0) is 38.8 Å². The predicted octanol–water partition coefficient (Wildman–Crippen LogP) is 3.09. The Bertz CT molecular complexity index is 392. The standard InChI is InChI=1S/C15H23FN2/c1-3-12-7-6-10-18(12)15(11(2)17)13-8-4-5-9-14(13)16/h4-5,8-9,11-12,15H,3,6-7,10,17H2,1-2H3. The van der Waals surface area contributed by atoms with E-state index in [0.29, 0.717) is 6.04 Å². The number of rotatable bonds is 4. The van der Waals surface area contributed by atoms with Crippen LogP contribution in [0.4, 0.5) is 4.39 Å². The molecule has 2 rings (SSSR count). The largest absolute Gasteiger partial charge is 0.326 e. The van der Waals surface area contributed by atoms with Crippen molar-refractivity contribution in [2.75, 3.05) is 6.54 Å². The summed E-state index contributed by atoms with van der Waals surface area (Å²) < 4.78 is 14.0. The van der Waals surface area contributed by atoms with Gasteiger partial charge in [0.2, 0.25) is 0 Å². The van der Waals surface area contributed by atoms with Crippen LogP contribution in [-0.4, -0.2) is 23.5 Å². The third-order valence-electron chi connectivity index (χ3n) is 3.97. The number of nitrogens with zero attached hydrogens (tertiary/aromatic N) is 1. The molecule has 0 radical (unpaired) electrons. The van der Waals surface area contributed by atoms with E-state index in [0.717, 1.165) is 18.5 Å². The van der Waals surface area contributed by atoms with Crippen molar-refractivity contribution in [2.24, 2.45) is 5.73 Å². The van der Waals surface area contributed by atoms with Crippen molar-refractivity contribution in [1.29, 1.82) is 0 Å². The van der Waals surface area contributed by atoms with Gasteiger partial charge in [0.05, 0.1) is 6.04 Å². The molecule has 0 saturated carbocycles. The molecule has 1 heterocycles. The molecule has 3 heteroatoms. The first-order valence-electron chi connectivity index (χ1n) is 6.91. The smallest absolute Gasteiger partial charge is 0.128 e. The van der Waals surface area contributed by atoms with E-state index in [2.05, 4.69) is 11.8 Å². The molecular weight excluding hydrogens is 227 g/mol. The van der Waals surface area contributed by atoms with Gasteiger partial charge >= 0.3 is 0 Å². The van der Waals surface area contributed by atoms with Crippen LogP contribution in [0.15, 0.2) is 24.3 Å². The summed E-state index contributed by atoms with van der Waals surface area (Å²) in [6, 6.07) is 7.51. The third-order valence-corrected chi connectivity index (χ3v) is 3.97. The van der Waals surface area contributed by atoms with Gasteiger partial charge in [-0.3, -0.25) is 4.90 Å². The van der Waals surface area contributed by atoms with Crippen molar-refractivity contribution in [2.45, 2.75) is 51.2 Å². The Kier molecular flexibility index (Phi) is 4.36. The summed E-state index contributed by atoms with van der Waals surface area (Å²) in [6.07, 6.45) is 3.50. The molecule has 3 atom stereocenters. The normalized spacial score (nSPS) is 24.1. The Hall–Kier alpha value is -0.930. The highest BCUT2D eigenvalue weighted by molar-refractivity contribution is 5.23. The molecule has 0 aromatic heterocycles. The summed E-state index contributed by atoms with van der Waals surface area (Å²) >= 11 is 0. The summed E-state index contributed by atoms with van der Waals surface area (Å²) in [6.45, 7) is 5.20. The Labute approximate surface area is 109 Å². The van der Waals surface area contributed by atoms with Crippen molar-refractivity contribution in [3.8, 4) is 0 Å². The van der Waals surface area contributed by atoms with E-state index in [1.54, 1.807) is 6.07 Å². The Morgan fingerprint density at radius 3 is 2.78 bits per heavy atom. The topological polar surface area (TPSA) is 29.3 Å². The summed E-state index contributed by atoms with van der Waals surface area (Å²) in [5.41, 5.74) is 6.87. The molecule has 1 aromatic carbocycles. The van der Waals surface area contributed by atoms with E-state index in [1.165, 1.54) is 18.9 Å². The van der Waals surface area contributed by atoms with Crippen LogP contribution >= 0.6 is 0 Å². The first-order valence-corrected chi connectivity index (χ1v) is 6.91. The molecule has 1 aliphatic rings. The number of hydrogen-bond donors (Lipinski definition) is 1. The first kappa shape index (κ1) is 13.5. The second kappa shape index (κ2) is 5.81. The zero-order valence-electron chi connectivity index (χ0n) is 11.3. The van der Waals surface area contributed by atoms with Crippen molar-refractivity contribution in [3.05, 3.63) is 35.6 Å². The zero-order valence-corrected chi connectivity index (χ0v) is 11.3. The summed E-state index contributed by atoms with van der Waals surface area (Å²) in [5, 5.41) is 0. The lowest BCUT2D eigenvalue weighted by atomic mass is 9.97. The minimum absolute atomic E-state index is 0.00125. The monoisotopic (exact) mass is 250 g/mol. The van der Waals surface area contributed by atoms with Crippen LogP contribution in [0.5, 0.6) is 0 Å². The molecule has 1 aromatic rings. The summed E-state index contributed by atoms with van der Waals surface area (Å²) in [4.78, 5) is 2.39. The van der Waals surface area contributed by atoms with Crippen molar-refractivity contribution < 1.29 is 4.39 Å². The predicted molar refractivity (Wildman–Crippen MR) is 72.8 cm³/mol. The van der Waals surface area contributed by atoms with Gasteiger partial charge in [-0.25, -0.2) is 4.39 Å². The quantitative estimate of drug-likeness (QED) is 0.889. The van der Waals surface area contributed by atoms with E-state index < -0.39 is 0 Å². The first-order chi connectivity index (χ1) is 8.65. The maximum Gasteiger partial charge on any atom is 0.128 e. The van der Waals surface area contributed by atoms with E-state index in [4.69, 9.17) is 5.73 Å². The van der Waals surface area contributed by atoms with Crippen LogP contribution < -0.4 is 5.73 Å². The van der Waals surface area contributed by atoms with E-state index in [-0.39, 0.29) is 17.9 Å². The third kappa shape index (κ3) is 2.57. The molecule has 1 saturated heterocycles. The van der Waals surface area contributed by atoms with Gasteiger partial charge in [-0.15, -0.1) is 0 Å². The second-order valence-electron chi connectivity index (χ2n) is 5.27. The Morgan fingerprint density at radius 2 is 2.17 bits per heavy atom. The molecule has 0 amide bonds. The number of halogens is 1. The number of nitrogens with two attached hydrogens (primary N) is 1. The van der Waals surface area contributed by atoms with E-state index in [1.807, 2.05) is 19.1 Å². The molecule has 2 N–H and O–H groups in total. The molecular formula is C15H23FN2. The molecule has 18 heavy (non-hydrogen) atoms. The molecule has 0 bridgehead atoms. The van der Waals surface area contributed by atoms with Crippen LogP contribution in [-0.2, 0) is 0 Å². The summed E-state index contributed by atoms with van der Waals surface area (Å²) in [5.74, 6) is -0.137. The van der Waals surface area contributed by atoms with Crippen LogP contribution in [0.25, 0.3) is 0 Å². The number of likely N-dealkylation sites (tertiary alicyclic amines) is 1. The van der Waals surface area contributed by atoms with Gasteiger partial charge in [0.25, 0.3) is 0 Å². The number of benzene rings is 1. The van der Waals surface area contributed by atoms with Gasteiger partial charge in [-0.1, -0.05) is 25.1 Å². The van der Waals surface area contributed by atoms with Crippen LogP contribution in [0.2, 0.25) is 0 Å². The maximum atomic E-state index is 14.0. The Morgan fingerprint density at radius 1 is 1.44 bits per heavy atom. The lowest BCUT2D eigenvalue weighted by molar-refractivity contribution is 0.154. The van der Waals surface area contributed by atoms with Crippen LogP contribution in [0, 0.1) is 5.82 Å². The molecule has 100 valence electrons. The summed E-state index contributed by atoms with van der Waals surface area (Å²) in [7, 11) is 0. The maximum absolute atomic E-state index is 14.0. The highest BCUT2D eigenvalue weighted by Crippen LogP contribution is 2.33. The van der Waals surface area contributed by atoms with E-state index >= 15 is 0 Å². The van der Waals surface area contributed by atoms with Crippen LogP contribution in [0.1, 0.15) is 44.7 Å². The fourth-order valence-electron chi connectivity index (χ4n) is 3.14. The van der Waals surface area contributed by atoms with Gasteiger partial charge in [-0.2, -0.15) is 0 Å². The molecule has 0 aliphatic carbocycles. The van der Waals surface area contributed by atoms with E-state index in [9.17, 15) is 4.39 Å². The van der Waals surface area contributed by atoms with Gasteiger partial charge in [0.1, 0.15) is 5.82 Å². The zero-order chi connectivity index (χ0) is 13.1. The molecule has 1 aliphatic heterocycles. The highest BCUT2D eigenvalue weighted by atomic mass is 19.1. The molecule has 2 nitrogen and oxygen atoms in total. The fourth-order valence-corrected chi connectivity index (χ4v) is 3.14. The average molecular weight is 250 g/mol. The molecule has 1 fully saturated rings. The average Bonchev–Trinajstić information content (AvgIpc) is 2.79. The fraction of sp³-hybridized carbons (Fsp3) is 0.600. The van der Waals surface area contributed by atoms with Gasteiger partial charge in [0.15, 0.2) is 0 Å². The van der Waals surface area contributed by atoms with Gasteiger partial charge in [0, 0.05) is 17.6 Å². The van der Waals surface area contributed by atoms with Crippen LogP contribution in [0.3, 0.4) is 0 Å². The lowest BCUT2D eigenvalue weighted by Crippen LogP contribution is -2.42. The second-order valence-corrected chi connectivity index (χ2v) is 5.27. The minimum atomic E-state index is -0.137. The van der Waals surface area contributed by atoms with Crippen molar-refractivity contribution >= 4 is 0 Å². The highest BCUT2D eigenvalue weighted by Gasteiger charge is 2.33. The minimum Gasteiger partial charge on any atom is -0.326 e. The lowest BCUT2D eigenvalue weighted by Gasteiger charge is -2.35. The SMILES string of the molecule is CCC1CCCN1C(c1ccccc1F)C(C)N. The number of hydrogen-bond acceptors (Lipinski definition) is 2. The van der Waals surface area contributed by atoms with Crippen molar-refractivity contribution in [3.63, 3.8) is 0 Å². The van der Waals surface area contributed by atoms with Gasteiger partial charge < -0.3 is 5.73 Å². The Balaban J connectivity index is 2.31. The van der Waals surface area contributed by atoms with Crippen molar-refractivity contribution in [1.82, 2.24) is 4.90 Å². The molecule has 0 spiro atoms. The molecule has 3 unspecified atom stereocenters.